The number of carbonyl (C=O) groups is 2. The summed E-state index contributed by atoms with van der Waals surface area (Å²) in [6.07, 6.45) is -0.0462. The van der Waals surface area contributed by atoms with Crippen LogP contribution in [0.15, 0.2) is 0 Å². The number of carboxylic acids is 1. The zero-order valence-corrected chi connectivity index (χ0v) is 12.3. The SMILES string of the molecule is CC(C)(C)OC(=O)C(C)(C)OCCOCCC(=O)O. The van der Waals surface area contributed by atoms with Crippen LogP contribution < -0.4 is 0 Å². The molecule has 0 amide bonds. The molecule has 112 valence electrons. The summed E-state index contributed by atoms with van der Waals surface area (Å²) < 4.78 is 15.7. The van der Waals surface area contributed by atoms with Crippen LogP contribution in [0.2, 0.25) is 0 Å². The van der Waals surface area contributed by atoms with Gasteiger partial charge in [-0.15, -0.1) is 0 Å². The third kappa shape index (κ3) is 9.44. The lowest BCUT2D eigenvalue weighted by Crippen LogP contribution is -2.41. The van der Waals surface area contributed by atoms with Crippen molar-refractivity contribution >= 4 is 11.9 Å². The van der Waals surface area contributed by atoms with Gasteiger partial charge in [-0.25, -0.2) is 4.79 Å². The first-order valence-electron chi connectivity index (χ1n) is 6.21. The topological polar surface area (TPSA) is 82.1 Å². The highest BCUT2D eigenvalue weighted by molar-refractivity contribution is 5.78. The lowest BCUT2D eigenvalue weighted by Gasteiger charge is -2.28. The van der Waals surface area contributed by atoms with Crippen molar-refractivity contribution in [3.05, 3.63) is 0 Å². The Bertz CT molecular complexity index is 303. The third-order valence-electron chi connectivity index (χ3n) is 2.04. The molecule has 0 aliphatic carbocycles. The van der Waals surface area contributed by atoms with Gasteiger partial charge in [0, 0.05) is 0 Å². The summed E-state index contributed by atoms with van der Waals surface area (Å²) in [4.78, 5) is 22.1. The van der Waals surface area contributed by atoms with Gasteiger partial charge in [-0.3, -0.25) is 4.79 Å². The fourth-order valence-corrected chi connectivity index (χ4v) is 1.08. The van der Waals surface area contributed by atoms with E-state index >= 15 is 0 Å². The molecule has 0 rings (SSSR count). The molecule has 0 radical (unpaired) electrons. The molecule has 19 heavy (non-hydrogen) atoms. The van der Waals surface area contributed by atoms with E-state index in [1.807, 2.05) is 0 Å². The molecule has 0 aromatic rings. The number of hydrogen-bond acceptors (Lipinski definition) is 5. The summed E-state index contributed by atoms with van der Waals surface area (Å²) in [7, 11) is 0. The molecule has 0 bridgehead atoms. The number of carbonyl (C=O) groups excluding carboxylic acids is 1. The van der Waals surface area contributed by atoms with Crippen molar-refractivity contribution in [1.82, 2.24) is 0 Å². The van der Waals surface area contributed by atoms with Gasteiger partial charge in [-0.1, -0.05) is 0 Å². The van der Waals surface area contributed by atoms with E-state index < -0.39 is 23.1 Å². The summed E-state index contributed by atoms with van der Waals surface area (Å²) >= 11 is 0. The second-order valence-corrected chi connectivity index (χ2v) is 5.62. The number of aliphatic carboxylic acids is 1. The molecular weight excluding hydrogens is 252 g/mol. The minimum atomic E-state index is -1.05. The molecule has 0 atom stereocenters. The Hall–Kier alpha value is -1.14. The Morgan fingerprint density at radius 1 is 1.00 bits per heavy atom. The number of carboxylic acid groups (broad SMARTS) is 1. The van der Waals surface area contributed by atoms with Crippen molar-refractivity contribution in [2.75, 3.05) is 19.8 Å². The van der Waals surface area contributed by atoms with E-state index in [1.54, 1.807) is 34.6 Å². The van der Waals surface area contributed by atoms with E-state index in [0.717, 1.165) is 0 Å². The van der Waals surface area contributed by atoms with E-state index in [2.05, 4.69) is 0 Å². The monoisotopic (exact) mass is 276 g/mol. The van der Waals surface area contributed by atoms with Gasteiger partial charge >= 0.3 is 11.9 Å². The molecule has 0 fully saturated rings. The fraction of sp³-hybridized carbons (Fsp3) is 0.846. The van der Waals surface area contributed by atoms with E-state index in [0.29, 0.717) is 0 Å². The first-order valence-corrected chi connectivity index (χ1v) is 6.21. The van der Waals surface area contributed by atoms with Gasteiger partial charge in [0.05, 0.1) is 26.2 Å². The number of esters is 1. The first kappa shape index (κ1) is 17.9. The average molecular weight is 276 g/mol. The zero-order chi connectivity index (χ0) is 15.1. The van der Waals surface area contributed by atoms with Gasteiger partial charge in [0.25, 0.3) is 0 Å². The normalized spacial score (nSPS) is 12.3. The van der Waals surface area contributed by atoms with Crippen molar-refractivity contribution in [3.63, 3.8) is 0 Å². The summed E-state index contributed by atoms with van der Waals surface area (Å²) in [5.74, 6) is -1.35. The highest BCUT2D eigenvalue weighted by atomic mass is 16.6. The molecule has 0 spiro atoms. The summed E-state index contributed by atoms with van der Waals surface area (Å²) in [6.45, 7) is 9.18. The van der Waals surface area contributed by atoms with Gasteiger partial charge in [0.15, 0.2) is 5.60 Å². The second-order valence-electron chi connectivity index (χ2n) is 5.62. The molecule has 0 saturated heterocycles. The maximum Gasteiger partial charge on any atom is 0.338 e. The fourth-order valence-electron chi connectivity index (χ4n) is 1.08. The smallest absolute Gasteiger partial charge is 0.338 e. The van der Waals surface area contributed by atoms with Crippen molar-refractivity contribution in [2.45, 2.75) is 52.2 Å². The van der Waals surface area contributed by atoms with Crippen LogP contribution in [0.1, 0.15) is 41.0 Å². The lowest BCUT2D eigenvalue weighted by molar-refractivity contribution is -0.180. The summed E-state index contributed by atoms with van der Waals surface area (Å²) in [5, 5.41) is 8.41. The molecule has 0 heterocycles. The molecule has 0 saturated carbocycles. The minimum absolute atomic E-state index is 0.0462. The molecule has 0 aliphatic heterocycles. The van der Waals surface area contributed by atoms with Crippen molar-refractivity contribution < 1.29 is 28.9 Å². The molecule has 0 aromatic heterocycles. The van der Waals surface area contributed by atoms with Gasteiger partial charge in [-0.2, -0.15) is 0 Å². The zero-order valence-electron chi connectivity index (χ0n) is 12.3. The Balaban J connectivity index is 3.90. The van der Waals surface area contributed by atoms with E-state index in [1.165, 1.54) is 0 Å². The van der Waals surface area contributed by atoms with Crippen molar-refractivity contribution in [3.8, 4) is 0 Å². The minimum Gasteiger partial charge on any atom is -0.481 e. The van der Waals surface area contributed by atoms with Gasteiger partial charge in [-0.05, 0) is 34.6 Å². The standard InChI is InChI=1S/C13H24O6/c1-12(2,3)19-11(16)13(4,5)18-9-8-17-7-6-10(14)15/h6-9H2,1-5H3,(H,14,15). The third-order valence-corrected chi connectivity index (χ3v) is 2.04. The molecule has 1 N–H and O–H groups in total. The highest BCUT2D eigenvalue weighted by Gasteiger charge is 2.33. The lowest BCUT2D eigenvalue weighted by atomic mass is 10.1. The number of ether oxygens (including phenoxy) is 3. The largest absolute Gasteiger partial charge is 0.481 e. The molecule has 0 aliphatic rings. The van der Waals surface area contributed by atoms with E-state index in [-0.39, 0.29) is 26.2 Å². The van der Waals surface area contributed by atoms with Gasteiger partial charge in [0.2, 0.25) is 0 Å². The molecule has 0 unspecified atom stereocenters. The highest BCUT2D eigenvalue weighted by Crippen LogP contribution is 2.17. The Kier molecular flexibility index (Phi) is 7.00. The van der Waals surface area contributed by atoms with E-state index in [9.17, 15) is 9.59 Å². The van der Waals surface area contributed by atoms with Crippen LogP contribution in [0.5, 0.6) is 0 Å². The molecular formula is C13H24O6. The maximum atomic E-state index is 11.8. The molecule has 6 nitrogen and oxygen atoms in total. The first-order chi connectivity index (χ1) is 8.54. The average Bonchev–Trinajstić information content (AvgIpc) is 2.20. The summed E-state index contributed by atoms with van der Waals surface area (Å²) in [6, 6.07) is 0. The van der Waals surface area contributed by atoms with Crippen molar-refractivity contribution in [2.24, 2.45) is 0 Å². The Morgan fingerprint density at radius 2 is 1.58 bits per heavy atom. The number of rotatable bonds is 8. The predicted molar refractivity (Wildman–Crippen MR) is 68.9 cm³/mol. The van der Waals surface area contributed by atoms with Crippen LogP contribution in [0.25, 0.3) is 0 Å². The van der Waals surface area contributed by atoms with Gasteiger partial charge in [0.1, 0.15) is 5.60 Å². The van der Waals surface area contributed by atoms with Crippen LogP contribution in [0.4, 0.5) is 0 Å². The molecule has 6 heteroatoms. The van der Waals surface area contributed by atoms with E-state index in [4.69, 9.17) is 19.3 Å². The van der Waals surface area contributed by atoms with Crippen LogP contribution in [0, 0.1) is 0 Å². The van der Waals surface area contributed by atoms with Crippen LogP contribution in [-0.2, 0) is 23.8 Å². The summed E-state index contributed by atoms with van der Waals surface area (Å²) in [5.41, 5.74) is -1.61. The second kappa shape index (κ2) is 7.45. The number of hydrogen-bond donors (Lipinski definition) is 1. The maximum absolute atomic E-state index is 11.8. The quantitative estimate of drug-likeness (QED) is 0.536. The van der Waals surface area contributed by atoms with Crippen LogP contribution in [0.3, 0.4) is 0 Å². The Morgan fingerprint density at radius 3 is 2.05 bits per heavy atom. The van der Waals surface area contributed by atoms with Crippen LogP contribution in [-0.4, -0.2) is 48.1 Å². The van der Waals surface area contributed by atoms with Crippen molar-refractivity contribution in [1.29, 1.82) is 0 Å². The predicted octanol–water partition coefficient (Wildman–Crippen LogP) is 1.61. The Labute approximate surface area is 114 Å². The van der Waals surface area contributed by atoms with Crippen LogP contribution >= 0.6 is 0 Å². The van der Waals surface area contributed by atoms with Gasteiger partial charge < -0.3 is 19.3 Å². The molecule has 0 aromatic carbocycles.